The van der Waals surface area contributed by atoms with Gasteiger partial charge in [0.15, 0.2) is 0 Å². The lowest BCUT2D eigenvalue weighted by Gasteiger charge is -2.22. The molecule has 1 aliphatic rings. The molecule has 0 fully saturated rings. The van der Waals surface area contributed by atoms with E-state index in [1.54, 1.807) is 0 Å². The fraction of sp³-hybridized carbons (Fsp3) is 0.455. The molecule has 1 aromatic rings. The highest BCUT2D eigenvalue weighted by atomic mass is 16.3. The van der Waals surface area contributed by atoms with Crippen LogP contribution in [0.2, 0.25) is 0 Å². The van der Waals surface area contributed by atoms with Crippen LogP contribution in [0.4, 0.5) is 0 Å². The minimum Gasteiger partial charge on any atom is -0.396 e. The first-order valence-corrected chi connectivity index (χ1v) is 4.58. The molecule has 0 aromatic heterocycles. The van der Waals surface area contributed by atoms with Crippen molar-refractivity contribution in [1.29, 1.82) is 0 Å². The number of rotatable bonds is 1. The van der Waals surface area contributed by atoms with Gasteiger partial charge < -0.3 is 5.11 Å². The normalized spacial score (nSPS) is 21.9. The Morgan fingerprint density at radius 3 is 2.75 bits per heavy atom. The van der Waals surface area contributed by atoms with Gasteiger partial charge >= 0.3 is 0 Å². The molecule has 0 heterocycles. The topological polar surface area (TPSA) is 20.2 Å². The summed E-state index contributed by atoms with van der Waals surface area (Å²) in [7, 11) is 0. The van der Waals surface area contributed by atoms with Crippen molar-refractivity contribution in [2.24, 2.45) is 5.92 Å². The summed E-state index contributed by atoms with van der Waals surface area (Å²) in [5.41, 5.74) is 2.91. The first kappa shape index (κ1) is 7.81. The molecule has 1 aliphatic carbocycles. The number of hydrogen-bond acceptors (Lipinski definition) is 1. The molecule has 12 heavy (non-hydrogen) atoms. The second-order valence-electron chi connectivity index (χ2n) is 3.56. The van der Waals surface area contributed by atoms with Gasteiger partial charge in [-0.15, -0.1) is 0 Å². The van der Waals surface area contributed by atoms with Gasteiger partial charge in [0, 0.05) is 6.61 Å². The third-order valence-electron chi connectivity index (χ3n) is 2.71. The third kappa shape index (κ3) is 1.37. The summed E-state index contributed by atoms with van der Waals surface area (Å²) < 4.78 is 0. The zero-order chi connectivity index (χ0) is 8.39. The van der Waals surface area contributed by atoms with E-state index in [4.69, 9.17) is 5.11 Å². The molecule has 0 saturated carbocycles. The molecule has 0 spiro atoms. The van der Waals surface area contributed by atoms with Crippen LogP contribution < -0.4 is 0 Å². The lowest BCUT2D eigenvalue weighted by Crippen LogP contribution is -2.17. The van der Waals surface area contributed by atoms with Crippen LogP contribution in [0.25, 0.3) is 0 Å². The molecule has 0 bridgehead atoms. The van der Waals surface area contributed by atoms with Crippen molar-refractivity contribution in [3.05, 3.63) is 35.4 Å². The Balaban J connectivity index is 2.23. The summed E-state index contributed by atoms with van der Waals surface area (Å²) in [4.78, 5) is 0. The average molecular weight is 162 g/mol. The second-order valence-corrected chi connectivity index (χ2v) is 3.56. The van der Waals surface area contributed by atoms with Crippen molar-refractivity contribution in [3.8, 4) is 0 Å². The number of benzene rings is 1. The Hall–Kier alpha value is -0.820. The Bertz CT molecular complexity index is 267. The van der Waals surface area contributed by atoms with Crippen LogP contribution in [-0.4, -0.2) is 11.7 Å². The van der Waals surface area contributed by atoms with Gasteiger partial charge in [0.25, 0.3) is 0 Å². The lowest BCUT2D eigenvalue weighted by atomic mass is 9.84. The molecule has 0 amide bonds. The molecule has 0 saturated heterocycles. The first-order chi connectivity index (χ1) is 5.90. The third-order valence-corrected chi connectivity index (χ3v) is 2.71. The fourth-order valence-corrected chi connectivity index (χ4v) is 1.93. The van der Waals surface area contributed by atoms with Crippen molar-refractivity contribution in [2.45, 2.75) is 19.3 Å². The highest BCUT2D eigenvalue weighted by Crippen LogP contribution is 2.24. The zero-order valence-corrected chi connectivity index (χ0v) is 7.16. The highest BCUT2D eigenvalue weighted by Gasteiger charge is 2.16. The second kappa shape index (κ2) is 3.28. The van der Waals surface area contributed by atoms with Crippen molar-refractivity contribution in [1.82, 2.24) is 0 Å². The molecule has 1 nitrogen and oxygen atoms in total. The van der Waals surface area contributed by atoms with Crippen LogP contribution in [0.5, 0.6) is 0 Å². The summed E-state index contributed by atoms with van der Waals surface area (Å²) in [6.45, 7) is 0.342. The fourth-order valence-electron chi connectivity index (χ4n) is 1.93. The predicted octanol–water partition coefficient (Wildman–Crippen LogP) is 1.78. The smallest absolute Gasteiger partial charge is 0.0462 e. The number of aryl methyl sites for hydroxylation is 1. The van der Waals surface area contributed by atoms with Gasteiger partial charge in [-0.25, -0.2) is 0 Å². The molecule has 64 valence electrons. The largest absolute Gasteiger partial charge is 0.396 e. The predicted molar refractivity (Wildman–Crippen MR) is 49.0 cm³/mol. The van der Waals surface area contributed by atoms with Gasteiger partial charge in [0.05, 0.1) is 0 Å². The molecular weight excluding hydrogens is 148 g/mol. The highest BCUT2D eigenvalue weighted by molar-refractivity contribution is 5.29. The van der Waals surface area contributed by atoms with Crippen LogP contribution >= 0.6 is 0 Å². The Morgan fingerprint density at radius 1 is 1.25 bits per heavy atom. The average Bonchev–Trinajstić information content (AvgIpc) is 2.17. The number of hydrogen-bond donors (Lipinski definition) is 1. The van der Waals surface area contributed by atoms with E-state index in [0.717, 1.165) is 19.3 Å². The Morgan fingerprint density at radius 2 is 2.00 bits per heavy atom. The number of aliphatic hydroxyl groups excluding tert-OH is 1. The maximum absolute atomic E-state index is 9.02. The van der Waals surface area contributed by atoms with Crippen molar-refractivity contribution < 1.29 is 5.11 Å². The monoisotopic (exact) mass is 162 g/mol. The molecule has 1 unspecified atom stereocenters. The van der Waals surface area contributed by atoms with Crippen LogP contribution in [0, 0.1) is 5.92 Å². The number of aliphatic hydroxyl groups is 1. The Kier molecular flexibility index (Phi) is 2.13. The van der Waals surface area contributed by atoms with Crippen LogP contribution in [0.3, 0.4) is 0 Å². The molecule has 1 heteroatoms. The molecular formula is C11H14O. The molecule has 2 rings (SSSR count). The van der Waals surface area contributed by atoms with Crippen molar-refractivity contribution >= 4 is 0 Å². The zero-order valence-electron chi connectivity index (χ0n) is 7.16. The summed E-state index contributed by atoms with van der Waals surface area (Å²) in [6.07, 6.45) is 3.35. The Labute approximate surface area is 73.0 Å². The van der Waals surface area contributed by atoms with E-state index in [9.17, 15) is 0 Å². The summed E-state index contributed by atoms with van der Waals surface area (Å²) in [6, 6.07) is 8.55. The van der Waals surface area contributed by atoms with Crippen LogP contribution in [0.15, 0.2) is 24.3 Å². The van der Waals surface area contributed by atoms with E-state index in [-0.39, 0.29) is 0 Å². The van der Waals surface area contributed by atoms with Gasteiger partial charge in [0.1, 0.15) is 0 Å². The van der Waals surface area contributed by atoms with Crippen molar-refractivity contribution in [2.75, 3.05) is 6.61 Å². The quantitative estimate of drug-likeness (QED) is 0.667. The minimum absolute atomic E-state index is 0.342. The van der Waals surface area contributed by atoms with Gasteiger partial charge in [-0.1, -0.05) is 24.3 Å². The molecule has 1 atom stereocenters. The van der Waals surface area contributed by atoms with Crippen LogP contribution in [0.1, 0.15) is 17.5 Å². The van der Waals surface area contributed by atoms with Gasteiger partial charge in [0.2, 0.25) is 0 Å². The van der Waals surface area contributed by atoms with Gasteiger partial charge in [-0.3, -0.25) is 0 Å². The summed E-state index contributed by atoms with van der Waals surface area (Å²) in [5.74, 6) is 0.500. The molecule has 0 aliphatic heterocycles. The summed E-state index contributed by atoms with van der Waals surface area (Å²) in [5, 5.41) is 9.02. The van der Waals surface area contributed by atoms with E-state index >= 15 is 0 Å². The molecule has 0 radical (unpaired) electrons. The SMILES string of the molecule is OCC1CCc2ccccc2C1. The first-order valence-electron chi connectivity index (χ1n) is 4.58. The molecule has 1 aromatic carbocycles. The van der Waals surface area contributed by atoms with E-state index in [2.05, 4.69) is 24.3 Å². The number of fused-ring (bicyclic) bond motifs is 1. The van der Waals surface area contributed by atoms with E-state index in [1.165, 1.54) is 11.1 Å². The van der Waals surface area contributed by atoms with E-state index < -0.39 is 0 Å². The molecule has 1 N–H and O–H groups in total. The maximum Gasteiger partial charge on any atom is 0.0462 e. The standard InChI is InChI=1S/C11H14O/c12-8-9-5-6-10-3-1-2-4-11(10)7-9/h1-4,9,12H,5-8H2. The minimum atomic E-state index is 0.342. The van der Waals surface area contributed by atoms with Gasteiger partial charge in [-0.05, 0) is 36.3 Å². The van der Waals surface area contributed by atoms with Crippen molar-refractivity contribution in [3.63, 3.8) is 0 Å². The van der Waals surface area contributed by atoms with Gasteiger partial charge in [-0.2, -0.15) is 0 Å². The summed E-state index contributed by atoms with van der Waals surface area (Å²) >= 11 is 0. The van der Waals surface area contributed by atoms with E-state index in [0.29, 0.717) is 12.5 Å². The lowest BCUT2D eigenvalue weighted by molar-refractivity contribution is 0.213. The van der Waals surface area contributed by atoms with Crippen LogP contribution in [-0.2, 0) is 12.8 Å². The maximum atomic E-state index is 9.02. The van der Waals surface area contributed by atoms with E-state index in [1.807, 2.05) is 0 Å².